The number of carbonyl (C=O) groups is 1. The number of carbonyl (C=O) groups excluding carboxylic acids is 1. The molecule has 0 unspecified atom stereocenters. The summed E-state index contributed by atoms with van der Waals surface area (Å²) in [4.78, 5) is 18.1. The first-order valence-electron chi connectivity index (χ1n) is 9.88. The molecule has 1 N–H and O–H groups in total. The molecule has 0 spiro atoms. The molecule has 4 aromatic rings. The highest BCUT2D eigenvalue weighted by molar-refractivity contribution is 6.13. The summed E-state index contributed by atoms with van der Waals surface area (Å²) in [5, 5.41) is 3.85. The molecular formula is C26H23FN2O. The number of fused-ring (bicyclic) bond motifs is 1. The Morgan fingerprint density at radius 2 is 1.53 bits per heavy atom. The van der Waals surface area contributed by atoms with Gasteiger partial charge in [-0.05, 0) is 81.3 Å². The second kappa shape index (κ2) is 7.71. The number of benzene rings is 3. The van der Waals surface area contributed by atoms with E-state index >= 15 is 0 Å². The summed E-state index contributed by atoms with van der Waals surface area (Å²) in [7, 11) is 0. The summed E-state index contributed by atoms with van der Waals surface area (Å²) in [6.07, 6.45) is 0. The highest BCUT2D eigenvalue weighted by Crippen LogP contribution is 2.29. The number of anilines is 1. The van der Waals surface area contributed by atoms with E-state index in [0.29, 0.717) is 11.3 Å². The van der Waals surface area contributed by atoms with Gasteiger partial charge in [-0.2, -0.15) is 0 Å². The van der Waals surface area contributed by atoms with Crippen molar-refractivity contribution in [3.63, 3.8) is 0 Å². The Hall–Kier alpha value is -3.53. The van der Waals surface area contributed by atoms with Crippen LogP contribution in [-0.2, 0) is 0 Å². The lowest BCUT2D eigenvalue weighted by Crippen LogP contribution is -2.14. The summed E-state index contributed by atoms with van der Waals surface area (Å²) >= 11 is 0. The van der Waals surface area contributed by atoms with E-state index in [1.165, 1.54) is 12.1 Å². The van der Waals surface area contributed by atoms with Gasteiger partial charge in [0.25, 0.3) is 5.91 Å². The number of pyridine rings is 1. The van der Waals surface area contributed by atoms with E-state index < -0.39 is 0 Å². The van der Waals surface area contributed by atoms with E-state index in [9.17, 15) is 9.18 Å². The van der Waals surface area contributed by atoms with Crippen molar-refractivity contribution in [1.29, 1.82) is 0 Å². The summed E-state index contributed by atoms with van der Waals surface area (Å²) in [5.74, 6) is -0.498. The van der Waals surface area contributed by atoms with E-state index in [1.54, 1.807) is 18.2 Å². The smallest absolute Gasteiger partial charge is 0.256 e. The van der Waals surface area contributed by atoms with Gasteiger partial charge in [-0.3, -0.25) is 4.79 Å². The van der Waals surface area contributed by atoms with Crippen LogP contribution < -0.4 is 5.32 Å². The molecule has 3 aromatic carbocycles. The van der Waals surface area contributed by atoms with Crippen LogP contribution in [0.1, 0.15) is 32.6 Å². The molecule has 1 heterocycles. The fourth-order valence-corrected chi connectivity index (χ4v) is 3.78. The Morgan fingerprint density at radius 3 is 2.23 bits per heavy atom. The molecule has 0 saturated heterocycles. The zero-order valence-corrected chi connectivity index (χ0v) is 17.5. The van der Waals surface area contributed by atoms with E-state index in [4.69, 9.17) is 4.98 Å². The lowest BCUT2D eigenvalue weighted by atomic mass is 9.99. The number of aromatic nitrogens is 1. The summed E-state index contributed by atoms with van der Waals surface area (Å²) in [6, 6.07) is 17.9. The normalized spacial score (nSPS) is 11.0. The van der Waals surface area contributed by atoms with E-state index in [0.717, 1.165) is 44.4 Å². The molecule has 150 valence electrons. The molecule has 0 saturated carbocycles. The number of aryl methyl sites for hydroxylation is 4. The Balaban J connectivity index is 1.87. The van der Waals surface area contributed by atoms with Gasteiger partial charge in [0.2, 0.25) is 0 Å². The first-order chi connectivity index (χ1) is 14.3. The van der Waals surface area contributed by atoms with Gasteiger partial charge in [0.1, 0.15) is 5.82 Å². The molecule has 0 fully saturated rings. The van der Waals surface area contributed by atoms with Crippen molar-refractivity contribution >= 4 is 22.5 Å². The van der Waals surface area contributed by atoms with Gasteiger partial charge in [-0.15, -0.1) is 0 Å². The molecule has 30 heavy (non-hydrogen) atoms. The maximum Gasteiger partial charge on any atom is 0.256 e. The molecule has 4 heteroatoms. The summed E-state index contributed by atoms with van der Waals surface area (Å²) < 4.78 is 13.4. The lowest BCUT2D eigenvalue weighted by Gasteiger charge is -2.14. The minimum Gasteiger partial charge on any atom is -0.322 e. The van der Waals surface area contributed by atoms with Crippen LogP contribution in [0, 0.1) is 33.5 Å². The molecule has 3 nitrogen and oxygen atoms in total. The molecule has 0 aliphatic carbocycles. The highest BCUT2D eigenvalue weighted by atomic mass is 19.1. The van der Waals surface area contributed by atoms with Crippen molar-refractivity contribution in [3.05, 3.63) is 94.3 Å². The highest BCUT2D eigenvalue weighted by Gasteiger charge is 2.17. The average molecular weight is 398 g/mol. The van der Waals surface area contributed by atoms with Crippen molar-refractivity contribution in [3.8, 4) is 11.3 Å². The molecule has 0 bridgehead atoms. The molecule has 0 aliphatic heterocycles. The van der Waals surface area contributed by atoms with Gasteiger partial charge in [0.05, 0.1) is 16.8 Å². The van der Waals surface area contributed by atoms with Gasteiger partial charge >= 0.3 is 0 Å². The van der Waals surface area contributed by atoms with Crippen LogP contribution in [0.2, 0.25) is 0 Å². The van der Waals surface area contributed by atoms with Crippen molar-refractivity contribution < 1.29 is 9.18 Å². The fraction of sp³-hybridized carbons (Fsp3) is 0.154. The number of rotatable bonds is 3. The van der Waals surface area contributed by atoms with Crippen LogP contribution in [-0.4, -0.2) is 10.9 Å². The van der Waals surface area contributed by atoms with Crippen LogP contribution in [0.25, 0.3) is 22.2 Å². The Kier molecular flexibility index (Phi) is 5.08. The van der Waals surface area contributed by atoms with Crippen LogP contribution in [0.4, 0.5) is 10.1 Å². The van der Waals surface area contributed by atoms with Crippen molar-refractivity contribution in [2.45, 2.75) is 27.7 Å². The zero-order valence-electron chi connectivity index (χ0n) is 17.5. The van der Waals surface area contributed by atoms with Gasteiger partial charge < -0.3 is 5.32 Å². The molecule has 0 atom stereocenters. The second-order valence-corrected chi connectivity index (χ2v) is 7.81. The summed E-state index contributed by atoms with van der Waals surface area (Å²) in [6.45, 7) is 8.00. The largest absolute Gasteiger partial charge is 0.322 e. The Labute approximate surface area is 175 Å². The first kappa shape index (κ1) is 19.8. The van der Waals surface area contributed by atoms with Crippen molar-refractivity contribution in [2.24, 2.45) is 0 Å². The number of halogens is 1. The monoisotopic (exact) mass is 398 g/mol. The number of nitrogens with zero attached hydrogens (tertiary/aromatic N) is 1. The Bertz CT molecular complexity index is 1280. The van der Waals surface area contributed by atoms with E-state index in [-0.39, 0.29) is 11.7 Å². The summed E-state index contributed by atoms with van der Waals surface area (Å²) in [5.41, 5.74) is 7.71. The number of amides is 1. The van der Waals surface area contributed by atoms with E-state index in [2.05, 4.69) is 11.4 Å². The standard InChI is InChI=1S/C26H23FN2O/c1-15-5-10-23(17(3)11-15)29-26(30)22-14-24(19-6-8-20(27)9-7-19)28-25-18(4)12-16(2)13-21(22)25/h5-14H,1-4H3,(H,29,30). The fourth-order valence-electron chi connectivity index (χ4n) is 3.78. The Morgan fingerprint density at radius 1 is 0.833 bits per heavy atom. The third kappa shape index (κ3) is 3.81. The lowest BCUT2D eigenvalue weighted by molar-refractivity contribution is 0.102. The minimum absolute atomic E-state index is 0.192. The first-order valence-corrected chi connectivity index (χ1v) is 9.88. The molecule has 4 rings (SSSR count). The van der Waals surface area contributed by atoms with E-state index in [1.807, 2.05) is 52.0 Å². The minimum atomic E-state index is -0.306. The predicted molar refractivity (Wildman–Crippen MR) is 120 cm³/mol. The van der Waals surface area contributed by atoms with Crippen LogP contribution >= 0.6 is 0 Å². The van der Waals surface area contributed by atoms with Gasteiger partial charge in [-0.1, -0.05) is 29.3 Å². The van der Waals surface area contributed by atoms with Crippen LogP contribution in [0.5, 0.6) is 0 Å². The topological polar surface area (TPSA) is 42.0 Å². The average Bonchev–Trinajstić information content (AvgIpc) is 2.70. The number of hydrogen-bond acceptors (Lipinski definition) is 2. The van der Waals surface area contributed by atoms with Crippen LogP contribution in [0.3, 0.4) is 0 Å². The number of nitrogens with one attached hydrogen (secondary N) is 1. The second-order valence-electron chi connectivity index (χ2n) is 7.81. The maximum absolute atomic E-state index is 13.4. The van der Waals surface area contributed by atoms with Crippen LogP contribution in [0.15, 0.2) is 60.7 Å². The molecule has 0 radical (unpaired) electrons. The van der Waals surface area contributed by atoms with Crippen molar-refractivity contribution in [2.75, 3.05) is 5.32 Å². The third-order valence-electron chi connectivity index (χ3n) is 5.26. The third-order valence-corrected chi connectivity index (χ3v) is 5.26. The molecular weight excluding hydrogens is 375 g/mol. The van der Waals surface area contributed by atoms with Crippen molar-refractivity contribution in [1.82, 2.24) is 4.98 Å². The van der Waals surface area contributed by atoms with Gasteiger partial charge in [-0.25, -0.2) is 9.37 Å². The number of hydrogen-bond donors (Lipinski definition) is 1. The predicted octanol–water partition coefficient (Wildman–Crippen LogP) is 6.53. The maximum atomic E-state index is 13.4. The van der Waals surface area contributed by atoms with Gasteiger partial charge in [0, 0.05) is 16.6 Å². The SMILES string of the molecule is Cc1ccc(NC(=O)c2cc(-c3ccc(F)cc3)nc3c(C)cc(C)cc23)c(C)c1. The molecule has 1 aromatic heterocycles. The molecule has 0 aliphatic rings. The quantitative estimate of drug-likeness (QED) is 0.426. The van der Waals surface area contributed by atoms with Gasteiger partial charge in [0.15, 0.2) is 0 Å². The molecule has 1 amide bonds. The zero-order chi connectivity index (χ0) is 21.4.